The molecular formula is C20H22ClN3O4S. The summed E-state index contributed by atoms with van der Waals surface area (Å²) in [6.07, 6.45) is 0.136. The van der Waals surface area contributed by atoms with Crippen LogP contribution in [0, 0.1) is 0 Å². The Balaban J connectivity index is 1.82. The number of carbonyl (C=O) groups is 2. The van der Waals surface area contributed by atoms with Gasteiger partial charge in [0, 0.05) is 11.6 Å². The number of rotatable bonds is 8. The zero-order chi connectivity index (χ0) is 21.1. The van der Waals surface area contributed by atoms with E-state index in [1.165, 1.54) is 0 Å². The number of thiocarbonyl (C=S) groups is 1. The maximum atomic E-state index is 12.5. The van der Waals surface area contributed by atoms with Crippen molar-refractivity contribution in [2.75, 3.05) is 19.8 Å². The van der Waals surface area contributed by atoms with Crippen LogP contribution in [0.5, 0.6) is 5.75 Å². The lowest BCUT2D eigenvalue weighted by Gasteiger charge is -2.13. The van der Waals surface area contributed by atoms with Crippen LogP contribution in [0.1, 0.15) is 22.8 Å². The Morgan fingerprint density at radius 3 is 2.48 bits per heavy atom. The van der Waals surface area contributed by atoms with Crippen LogP contribution in [-0.2, 0) is 16.0 Å². The molecule has 0 aromatic heterocycles. The molecule has 0 atom stereocenters. The number of ether oxygens (including phenoxy) is 2. The molecule has 0 unspecified atom stereocenters. The van der Waals surface area contributed by atoms with Gasteiger partial charge >= 0.3 is 0 Å². The second kappa shape index (κ2) is 12.0. The third-order valence-electron chi connectivity index (χ3n) is 3.64. The average molecular weight is 436 g/mol. The monoisotopic (exact) mass is 435 g/mol. The highest BCUT2D eigenvalue weighted by molar-refractivity contribution is 7.80. The van der Waals surface area contributed by atoms with Crippen molar-refractivity contribution in [3.8, 4) is 5.75 Å². The predicted octanol–water partition coefficient (Wildman–Crippen LogP) is 2.63. The fraction of sp³-hybridized carbons (Fsp3) is 0.250. The highest BCUT2D eigenvalue weighted by Gasteiger charge is 2.14. The first-order valence-electron chi connectivity index (χ1n) is 8.93. The van der Waals surface area contributed by atoms with E-state index in [1.807, 2.05) is 6.92 Å². The zero-order valence-electron chi connectivity index (χ0n) is 15.9. The first-order valence-corrected chi connectivity index (χ1v) is 9.72. The molecule has 7 nitrogen and oxygen atoms in total. The second-order valence-electron chi connectivity index (χ2n) is 5.80. The van der Waals surface area contributed by atoms with Crippen molar-refractivity contribution in [3.05, 3.63) is 64.7 Å². The van der Waals surface area contributed by atoms with Crippen molar-refractivity contribution in [1.82, 2.24) is 16.2 Å². The summed E-state index contributed by atoms with van der Waals surface area (Å²) in [6, 6.07) is 13.7. The molecule has 0 spiro atoms. The van der Waals surface area contributed by atoms with Crippen molar-refractivity contribution < 1.29 is 19.1 Å². The molecule has 0 radical (unpaired) electrons. The minimum atomic E-state index is -0.457. The van der Waals surface area contributed by atoms with E-state index in [4.69, 9.17) is 33.3 Å². The Morgan fingerprint density at radius 2 is 1.76 bits per heavy atom. The van der Waals surface area contributed by atoms with Gasteiger partial charge < -0.3 is 9.47 Å². The Hall–Kier alpha value is -2.68. The molecule has 0 saturated carbocycles. The van der Waals surface area contributed by atoms with Crippen LogP contribution >= 0.6 is 23.8 Å². The average Bonchev–Trinajstić information content (AvgIpc) is 2.71. The smallest absolute Gasteiger partial charge is 0.261 e. The van der Waals surface area contributed by atoms with E-state index in [9.17, 15) is 9.59 Å². The summed E-state index contributed by atoms with van der Waals surface area (Å²) in [7, 11) is 0. The summed E-state index contributed by atoms with van der Waals surface area (Å²) in [5, 5.41) is 3.06. The normalized spacial score (nSPS) is 10.1. The van der Waals surface area contributed by atoms with Gasteiger partial charge in [-0.25, -0.2) is 0 Å². The van der Waals surface area contributed by atoms with Gasteiger partial charge in [-0.05, 0) is 49.0 Å². The maximum Gasteiger partial charge on any atom is 0.261 e. The standard InChI is InChI=1S/C20H22ClN3O4S/c1-2-27-11-12-28-17-6-4-3-5-16(17)19(26)22-20(29)24-23-18(25)13-14-7-9-15(21)10-8-14/h3-10H,2,11-13H2,1H3,(H,23,25)(H2,22,24,26,29). The molecule has 3 N–H and O–H groups in total. The van der Waals surface area contributed by atoms with Crippen molar-refractivity contribution in [2.45, 2.75) is 13.3 Å². The van der Waals surface area contributed by atoms with Crippen LogP contribution in [-0.4, -0.2) is 36.7 Å². The number of hydrogen-bond donors (Lipinski definition) is 3. The number of hydrogen-bond acceptors (Lipinski definition) is 5. The quantitative estimate of drug-likeness (QED) is 0.335. The molecule has 0 aliphatic carbocycles. The largest absolute Gasteiger partial charge is 0.490 e. The summed E-state index contributed by atoms with van der Waals surface area (Å²) in [5.74, 6) is -0.357. The van der Waals surface area contributed by atoms with Gasteiger partial charge in [-0.1, -0.05) is 35.9 Å². The van der Waals surface area contributed by atoms with Crippen molar-refractivity contribution >= 4 is 40.7 Å². The van der Waals surface area contributed by atoms with Gasteiger partial charge in [-0.15, -0.1) is 0 Å². The molecule has 154 valence electrons. The number of benzene rings is 2. The van der Waals surface area contributed by atoms with Crippen molar-refractivity contribution in [3.63, 3.8) is 0 Å². The zero-order valence-corrected chi connectivity index (χ0v) is 17.4. The SMILES string of the molecule is CCOCCOc1ccccc1C(=O)NC(=S)NNC(=O)Cc1ccc(Cl)cc1. The molecule has 0 heterocycles. The van der Waals surface area contributed by atoms with Gasteiger partial charge in [0.15, 0.2) is 5.11 Å². The van der Waals surface area contributed by atoms with E-state index < -0.39 is 5.91 Å². The molecule has 0 fully saturated rings. The molecule has 0 aliphatic rings. The summed E-state index contributed by atoms with van der Waals surface area (Å²) in [4.78, 5) is 24.4. The van der Waals surface area contributed by atoms with Crippen LogP contribution in [0.4, 0.5) is 0 Å². The molecule has 0 aliphatic heterocycles. The maximum absolute atomic E-state index is 12.5. The van der Waals surface area contributed by atoms with Gasteiger partial charge in [0.25, 0.3) is 5.91 Å². The van der Waals surface area contributed by atoms with E-state index in [2.05, 4.69) is 16.2 Å². The number of halogens is 1. The fourth-order valence-electron chi connectivity index (χ4n) is 2.29. The van der Waals surface area contributed by atoms with Crippen molar-refractivity contribution in [1.29, 1.82) is 0 Å². The minimum Gasteiger partial charge on any atom is -0.490 e. The molecule has 2 aromatic rings. The molecule has 9 heteroatoms. The van der Waals surface area contributed by atoms with Crippen LogP contribution in [0.15, 0.2) is 48.5 Å². The summed E-state index contributed by atoms with van der Waals surface area (Å²) < 4.78 is 10.8. The van der Waals surface area contributed by atoms with Crippen LogP contribution in [0.3, 0.4) is 0 Å². The molecule has 29 heavy (non-hydrogen) atoms. The fourth-order valence-corrected chi connectivity index (χ4v) is 2.56. The number of carbonyl (C=O) groups excluding carboxylic acids is 2. The Morgan fingerprint density at radius 1 is 1.03 bits per heavy atom. The summed E-state index contributed by atoms with van der Waals surface area (Å²) >= 11 is 10.9. The van der Waals surface area contributed by atoms with Gasteiger partial charge in [-0.3, -0.25) is 25.8 Å². The number of para-hydroxylation sites is 1. The highest BCUT2D eigenvalue weighted by Crippen LogP contribution is 2.17. The molecule has 0 saturated heterocycles. The lowest BCUT2D eigenvalue weighted by Crippen LogP contribution is -2.48. The van der Waals surface area contributed by atoms with E-state index >= 15 is 0 Å². The third-order valence-corrected chi connectivity index (χ3v) is 4.10. The number of nitrogens with one attached hydrogen (secondary N) is 3. The first-order chi connectivity index (χ1) is 14.0. The van der Waals surface area contributed by atoms with Gasteiger partial charge in [0.2, 0.25) is 5.91 Å². The van der Waals surface area contributed by atoms with Crippen LogP contribution in [0.25, 0.3) is 0 Å². The predicted molar refractivity (Wildman–Crippen MR) is 115 cm³/mol. The van der Waals surface area contributed by atoms with E-state index in [0.717, 1.165) is 5.56 Å². The topological polar surface area (TPSA) is 88.7 Å². The Kier molecular flexibility index (Phi) is 9.36. The third kappa shape index (κ3) is 8.06. The van der Waals surface area contributed by atoms with Gasteiger partial charge in [-0.2, -0.15) is 0 Å². The molecule has 2 aromatic carbocycles. The van der Waals surface area contributed by atoms with Gasteiger partial charge in [0.05, 0.1) is 18.6 Å². The minimum absolute atomic E-state index is 0.0384. The lowest BCUT2D eigenvalue weighted by molar-refractivity contribution is -0.121. The molecule has 2 rings (SSSR count). The first kappa shape index (κ1) is 22.6. The number of amides is 2. The summed E-state index contributed by atoms with van der Waals surface area (Å²) in [5.41, 5.74) is 6.06. The van der Waals surface area contributed by atoms with Gasteiger partial charge in [0.1, 0.15) is 12.4 Å². The molecular weight excluding hydrogens is 414 g/mol. The van der Waals surface area contributed by atoms with E-state index in [1.54, 1.807) is 48.5 Å². The van der Waals surface area contributed by atoms with Crippen molar-refractivity contribution in [2.24, 2.45) is 0 Å². The Labute approximate surface area is 179 Å². The number of hydrazine groups is 1. The van der Waals surface area contributed by atoms with Crippen LogP contribution in [0.2, 0.25) is 5.02 Å². The molecule has 2 amide bonds. The highest BCUT2D eigenvalue weighted by atomic mass is 35.5. The van der Waals surface area contributed by atoms with E-state index in [-0.39, 0.29) is 17.4 Å². The lowest BCUT2D eigenvalue weighted by atomic mass is 10.1. The Bertz CT molecular complexity index is 846. The summed E-state index contributed by atoms with van der Waals surface area (Å²) in [6.45, 7) is 3.23. The van der Waals surface area contributed by atoms with Crippen LogP contribution < -0.4 is 20.9 Å². The second-order valence-corrected chi connectivity index (χ2v) is 6.65. The van der Waals surface area contributed by atoms with E-state index in [0.29, 0.717) is 36.2 Å². The molecule has 0 bridgehead atoms.